The van der Waals surface area contributed by atoms with Gasteiger partial charge in [-0.15, -0.1) is 0 Å². The Balaban J connectivity index is 2.98. The minimum absolute atomic E-state index is 0.218. The molecule has 1 aromatic rings. The van der Waals surface area contributed by atoms with E-state index >= 15 is 0 Å². The molecule has 1 N–H and O–H groups in total. The molecular formula is C13H16F3N. The van der Waals surface area contributed by atoms with Crippen molar-refractivity contribution in [2.24, 2.45) is 0 Å². The summed E-state index contributed by atoms with van der Waals surface area (Å²) in [6.07, 6.45) is -2.73. The van der Waals surface area contributed by atoms with Gasteiger partial charge in [0.2, 0.25) is 0 Å². The molecule has 0 atom stereocenters. The van der Waals surface area contributed by atoms with Crippen LogP contribution in [0.4, 0.5) is 13.2 Å². The van der Waals surface area contributed by atoms with E-state index in [2.05, 4.69) is 5.32 Å². The molecule has 0 aliphatic heterocycles. The van der Waals surface area contributed by atoms with Gasteiger partial charge in [-0.3, -0.25) is 0 Å². The summed E-state index contributed by atoms with van der Waals surface area (Å²) in [5, 5.41) is 3.08. The topological polar surface area (TPSA) is 12.0 Å². The van der Waals surface area contributed by atoms with Gasteiger partial charge in [-0.1, -0.05) is 36.8 Å². The number of halogens is 3. The summed E-state index contributed by atoms with van der Waals surface area (Å²) >= 11 is 0. The van der Waals surface area contributed by atoms with Crippen molar-refractivity contribution in [1.29, 1.82) is 0 Å². The number of rotatable bonds is 4. The monoisotopic (exact) mass is 243 g/mol. The standard InChI is InChI=1S/C13H16F3N/c1-3-17-9-10(2)8-11-6-4-5-7-12(11)13(14,15)16/h4-8,17H,3,9H2,1-2H3. The quantitative estimate of drug-likeness (QED) is 0.849. The Morgan fingerprint density at radius 1 is 1.29 bits per heavy atom. The lowest BCUT2D eigenvalue weighted by atomic mass is 10.0. The lowest BCUT2D eigenvalue weighted by Gasteiger charge is -2.11. The molecule has 4 heteroatoms. The highest BCUT2D eigenvalue weighted by Gasteiger charge is 2.32. The van der Waals surface area contributed by atoms with Crippen molar-refractivity contribution in [3.63, 3.8) is 0 Å². The first kappa shape index (κ1) is 13.8. The van der Waals surface area contributed by atoms with Crippen LogP contribution in [-0.2, 0) is 6.18 Å². The third kappa shape index (κ3) is 4.23. The van der Waals surface area contributed by atoms with Gasteiger partial charge >= 0.3 is 6.18 Å². The second-order valence-corrected chi connectivity index (χ2v) is 3.86. The fourth-order valence-electron chi connectivity index (χ4n) is 1.52. The van der Waals surface area contributed by atoms with E-state index in [4.69, 9.17) is 0 Å². The van der Waals surface area contributed by atoms with Crippen molar-refractivity contribution in [2.45, 2.75) is 20.0 Å². The molecule has 1 aromatic carbocycles. The second kappa shape index (κ2) is 5.87. The third-order valence-corrected chi connectivity index (χ3v) is 2.32. The minimum atomic E-state index is -4.30. The van der Waals surface area contributed by atoms with Crippen molar-refractivity contribution in [1.82, 2.24) is 5.32 Å². The summed E-state index contributed by atoms with van der Waals surface area (Å²) in [5.41, 5.74) is 0.509. The summed E-state index contributed by atoms with van der Waals surface area (Å²) in [7, 11) is 0. The maximum absolute atomic E-state index is 12.7. The van der Waals surface area contributed by atoms with Crippen LogP contribution in [0.5, 0.6) is 0 Å². The van der Waals surface area contributed by atoms with Gasteiger partial charge in [-0.2, -0.15) is 13.2 Å². The van der Waals surface area contributed by atoms with Crippen molar-refractivity contribution in [3.05, 3.63) is 41.0 Å². The smallest absolute Gasteiger partial charge is 0.313 e. The normalized spacial score (nSPS) is 12.9. The van der Waals surface area contributed by atoms with E-state index in [9.17, 15) is 13.2 Å². The second-order valence-electron chi connectivity index (χ2n) is 3.86. The molecule has 0 spiro atoms. The number of nitrogens with one attached hydrogen (secondary N) is 1. The Morgan fingerprint density at radius 3 is 2.53 bits per heavy atom. The fraction of sp³-hybridized carbons (Fsp3) is 0.385. The summed E-state index contributed by atoms with van der Waals surface area (Å²) in [6.45, 7) is 5.17. The van der Waals surface area contributed by atoms with Gasteiger partial charge in [0.05, 0.1) is 5.56 Å². The van der Waals surface area contributed by atoms with Gasteiger partial charge in [0.1, 0.15) is 0 Å². The zero-order chi connectivity index (χ0) is 12.9. The largest absolute Gasteiger partial charge is 0.416 e. The Morgan fingerprint density at radius 2 is 1.94 bits per heavy atom. The van der Waals surface area contributed by atoms with Gasteiger partial charge < -0.3 is 5.32 Å². The maximum atomic E-state index is 12.7. The zero-order valence-corrected chi connectivity index (χ0v) is 9.93. The van der Waals surface area contributed by atoms with Gasteiger partial charge in [0, 0.05) is 6.54 Å². The molecule has 0 aliphatic rings. The molecule has 1 nitrogen and oxygen atoms in total. The van der Waals surface area contributed by atoms with Crippen molar-refractivity contribution in [2.75, 3.05) is 13.1 Å². The molecule has 0 saturated carbocycles. The lowest BCUT2D eigenvalue weighted by Crippen LogP contribution is -2.15. The summed E-state index contributed by atoms with van der Waals surface area (Å²) < 4.78 is 38.1. The molecule has 0 bridgehead atoms. The van der Waals surface area contributed by atoms with E-state index in [0.29, 0.717) is 6.54 Å². The molecule has 0 radical (unpaired) electrons. The van der Waals surface area contributed by atoms with Crippen molar-refractivity contribution >= 4 is 6.08 Å². The van der Waals surface area contributed by atoms with Crippen LogP contribution in [0.3, 0.4) is 0 Å². The minimum Gasteiger partial charge on any atom is -0.313 e. The first-order valence-corrected chi connectivity index (χ1v) is 5.49. The van der Waals surface area contributed by atoms with Gasteiger partial charge in [-0.25, -0.2) is 0 Å². The summed E-state index contributed by atoms with van der Waals surface area (Å²) in [6, 6.07) is 5.60. The summed E-state index contributed by atoms with van der Waals surface area (Å²) in [5.74, 6) is 0. The Labute approximate surface area is 99.3 Å². The first-order valence-electron chi connectivity index (χ1n) is 5.49. The Kier molecular flexibility index (Phi) is 4.75. The molecule has 0 amide bonds. The van der Waals surface area contributed by atoms with E-state index in [0.717, 1.165) is 18.2 Å². The molecule has 94 valence electrons. The molecule has 0 aliphatic carbocycles. The molecule has 0 fully saturated rings. The molecule has 1 rings (SSSR count). The molecular weight excluding hydrogens is 227 g/mol. The van der Waals surface area contributed by atoms with Crippen molar-refractivity contribution in [3.8, 4) is 0 Å². The molecule has 0 unspecified atom stereocenters. The van der Waals surface area contributed by atoms with Gasteiger partial charge in [-0.05, 0) is 25.1 Å². The summed E-state index contributed by atoms with van der Waals surface area (Å²) in [4.78, 5) is 0. The predicted octanol–water partition coefficient (Wildman–Crippen LogP) is 3.72. The van der Waals surface area contributed by atoms with E-state index in [1.807, 2.05) is 13.8 Å². The van der Waals surface area contributed by atoms with Gasteiger partial charge in [0.25, 0.3) is 0 Å². The number of alkyl halides is 3. The van der Waals surface area contributed by atoms with E-state index in [1.54, 1.807) is 12.1 Å². The highest BCUT2D eigenvalue weighted by atomic mass is 19.4. The average Bonchev–Trinajstić information content (AvgIpc) is 2.25. The van der Waals surface area contributed by atoms with Crippen LogP contribution in [0.25, 0.3) is 6.08 Å². The zero-order valence-electron chi connectivity index (χ0n) is 9.93. The predicted molar refractivity (Wildman–Crippen MR) is 63.6 cm³/mol. The van der Waals surface area contributed by atoms with Crippen molar-refractivity contribution < 1.29 is 13.2 Å². The first-order chi connectivity index (χ1) is 7.95. The van der Waals surface area contributed by atoms with E-state index < -0.39 is 11.7 Å². The van der Waals surface area contributed by atoms with Gasteiger partial charge in [0.15, 0.2) is 0 Å². The SMILES string of the molecule is CCNCC(C)=Cc1ccccc1C(F)(F)F. The van der Waals surface area contributed by atoms with E-state index in [-0.39, 0.29) is 5.56 Å². The van der Waals surface area contributed by atoms with E-state index in [1.165, 1.54) is 12.1 Å². The number of hydrogen-bond donors (Lipinski definition) is 1. The van der Waals surface area contributed by atoms with Crippen LogP contribution in [0.2, 0.25) is 0 Å². The van der Waals surface area contributed by atoms with Crippen LogP contribution in [0.15, 0.2) is 29.8 Å². The van der Waals surface area contributed by atoms with Crippen LogP contribution < -0.4 is 5.32 Å². The molecule has 0 heterocycles. The lowest BCUT2D eigenvalue weighted by molar-refractivity contribution is -0.137. The fourth-order valence-corrected chi connectivity index (χ4v) is 1.52. The molecule has 17 heavy (non-hydrogen) atoms. The molecule has 0 aromatic heterocycles. The third-order valence-electron chi connectivity index (χ3n) is 2.32. The highest BCUT2D eigenvalue weighted by molar-refractivity contribution is 5.57. The Bertz CT molecular complexity index is 394. The number of likely N-dealkylation sites (N-methyl/N-ethyl adjacent to an activating group) is 1. The number of hydrogen-bond acceptors (Lipinski definition) is 1. The van der Waals surface area contributed by atoms with Crippen LogP contribution in [0, 0.1) is 0 Å². The Hall–Kier alpha value is -1.29. The molecule has 0 saturated heterocycles. The van der Waals surface area contributed by atoms with Crippen LogP contribution in [0.1, 0.15) is 25.0 Å². The average molecular weight is 243 g/mol. The van der Waals surface area contributed by atoms with Crippen LogP contribution >= 0.6 is 0 Å². The number of benzene rings is 1. The maximum Gasteiger partial charge on any atom is 0.416 e. The van der Waals surface area contributed by atoms with Crippen LogP contribution in [-0.4, -0.2) is 13.1 Å². The highest BCUT2D eigenvalue weighted by Crippen LogP contribution is 2.32.